The van der Waals surface area contributed by atoms with Crippen molar-refractivity contribution in [2.45, 2.75) is 4.90 Å². The predicted molar refractivity (Wildman–Crippen MR) is 106 cm³/mol. The molecule has 4 aromatic rings. The Kier molecular flexibility index (Phi) is 4.51. The lowest BCUT2D eigenvalue weighted by molar-refractivity contribution is 0.603. The Balaban J connectivity index is 1.79. The van der Waals surface area contributed by atoms with E-state index in [-0.39, 0.29) is 4.90 Å². The highest BCUT2D eigenvalue weighted by Crippen LogP contribution is 2.31. The largest absolute Gasteiger partial charge is 0.454 e. The van der Waals surface area contributed by atoms with Crippen LogP contribution in [0.25, 0.3) is 28.5 Å². The quantitative estimate of drug-likeness (QED) is 0.487. The van der Waals surface area contributed by atoms with Crippen LogP contribution in [0.15, 0.2) is 75.0 Å². The first-order valence-corrected chi connectivity index (χ1v) is 10.00. The van der Waals surface area contributed by atoms with E-state index in [1.807, 2.05) is 30.3 Å². The molecule has 0 aliphatic rings. The summed E-state index contributed by atoms with van der Waals surface area (Å²) >= 11 is 5.82. The van der Waals surface area contributed by atoms with E-state index in [1.165, 1.54) is 36.5 Å². The number of H-pyrrole nitrogens is 1. The number of nitrogens with zero attached hydrogens (tertiary/aromatic N) is 2. The van der Waals surface area contributed by atoms with Crippen molar-refractivity contribution in [3.05, 3.63) is 76.3 Å². The average Bonchev–Trinajstić information content (AvgIpc) is 3.32. The van der Waals surface area contributed by atoms with Gasteiger partial charge in [-0.25, -0.2) is 8.42 Å². The molecular formula is C20H12ClN3O3S. The van der Waals surface area contributed by atoms with Crippen molar-refractivity contribution in [3.63, 3.8) is 0 Å². The molecule has 0 spiro atoms. The molecule has 0 atom stereocenters. The number of sulfone groups is 1. The fourth-order valence-corrected chi connectivity index (χ4v) is 4.04. The summed E-state index contributed by atoms with van der Waals surface area (Å²) in [4.78, 5) is -0.424. The Morgan fingerprint density at radius 2 is 1.93 bits per heavy atom. The number of benzene rings is 2. The van der Waals surface area contributed by atoms with E-state index in [1.54, 1.807) is 6.07 Å². The number of aromatic nitrogens is 2. The highest BCUT2D eigenvalue weighted by atomic mass is 35.5. The number of fused-ring (bicyclic) bond motifs is 1. The molecule has 0 saturated heterocycles. The minimum Gasteiger partial charge on any atom is -0.454 e. The number of halogens is 1. The Morgan fingerprint density at radius 1 is 1.18 bits per heavy atom. The maximum Gasteiger partial charge on any atom is 0.216 e. The number of nitrogens with one attached hydrogen (secondary N) is 1. The summed E-state index contributed by atoms with van der Waals surface area (Å²) in [5.74, 6) is 0.492. The van der Waals surface area contributed by atoms with E-state index >= 15 is 0 Å². The molecule has 0 radical (unpaired) electrons. The lowest BCUT2D eigenvalue weighted by atomic mass is 10.2. The molecular weight excluding hydrogens is 398 g/mol. The van der Waals surface area contributed by atoms with Gasteiger partial charge in [-0.15, -0.1) is 0 Å². The molecule has 2 aromatic heterocycles. The van der Waals surface area contributed by atoms with Crippen LogP contribution in [0, 0.1) is 11.3 Å². The molecule has 2 heterocycles. The van der Waals surface area contributed by atoms with Crippen molar-refractivity contribution >= 4 is 38.5 Å². The lowest BCUT2D eigenvalue weighted by Gasteiger charge is -2.03. The minimum atomic E-state index is -4.00. The molecule has 0 amide bonds. The van der Waals surface area contributed by atoms with Gasteiger partial charge in [0.2, 0.25) is 9.84 Å². The average molecular weight is 410 g/mol. The van der Waals surface area contributed by atoms with E-state index in [4.69, 9.17) is 16.0 Å². The third-order valence-corrected chi connectivity index (χ3v) is 6.08. The Morgan fingerprint density at radius 3 is 2.64 bits per heavy atom. The maximum atomic E-state index is 12.8. The summed E-state index contributed by atoms with van der Waals surface area (Å²) in [5.41, 5.74) is 1.60. The van der Waals surface area contributed by atoms with Crippen LogP contribution in [-0.4, -0.2) is 18.6 Å². The van der Waals surface area contributed by atoms with E-state index in [2.05, 4.69) is 10.2 Å². The number of furan rings is 1. The van der Waals surface area contributed by atoms with Gasteiger partial charge in [-0.05, 0) is 42.5 Å². The molecule has 8 heteroatoms. The van der Waals surface area contributed by atoms with Gasteiger partial charge in [0.1, 0.15) is 22.3 Å². The summed E-state index contributed by atoms with van der Waals surface area (Å²) in [7, 11) is -4.00. The highest BCUT2D eigenvalue weighted by Gasteiger charge is 2.22. The molecule has 28 heavy (non-hydrogen) atoms. The zero-order chi connectivity index (χ0) is 19.7. The van der Waals surface area contributed by atoms with Crippen LogP contribution in [0.2, 0.25) is 5.02 Å². The number of hydrogen-bond acceptors (Lipinski definition) is 5. The molecule has 0 aliphatic carbocycles. The summed E-state index contributed by atoms with van der Waals surface area (Å²) in [6.45, 7) is 0. The zero-order valence-corrected chi connectivity index (χ0v) is 15.8. The minimum absolute atomic E-state index is 0.0153. The first-order valence-electron chi connectivity index (χ1n) is 8.14. The first kappa shape index (κ1) is 18.0. The normalized spacial score (nSPS) is 12.2. The van der Waals surface area contributed by atoms with E-state index in [0.717, 1.165) is 5.39 Å². The second-order valence-corrected chi connectivity index (χ2v) is 8.28. The Labute approximate surface area is 165 Å². The smallest absolute Gasteiger partial charge is 0.216 e. The van der Waals surface area contributed by atoms with Gasteiger partial charge in [0.25, 0.3) is 0 Å². The molecule has 6 nitrogen and oxygen atoms in total. The molecule has 0 saturated carbocycles. The fourth-order valence-electron chi connectivity index (χ4n) is 2.76. The van der Waals surface area contributed by atoms with Crippen LogP contribution in [0.5, 0.6) is 0 Å². The third kappa shape index (κ3) is 3.20. The van der Waals surface area contributed by atoms with Crippen molar-refractivity contribution in [2.24, 2.45) is 0 Å². The van der Waals surface area contributed by atoms with E-state index < -0.39 is 14.7 Å². The number of aromatic amines is 1. The van der Waals surface area contributed by atoms with E-state index in [0.29, 0.717) is 27.6 Å². The molecule has 2 aromatic carbocycles. The van der Waals surface area contributed by atoms with Gasteiger partial charge in [-0.3, -0.25) is 5.10 Å². The van der Waals surface area contributed by atoms with Crippen LogP contribution >= 0.6 is 11.6 Å². The van der Waals surface area contributed by atoms with Crippen molar-refractivity contribution in [2.75, 3.05) is 0 Å². The second-order valence-electron chi connectivity index (χ2n) is 5.93. The fraction of sp³-hybridized carbons (Fsp3) is 0. The molecule has 138 valence electrons. The summed E-state index contributed by atoms with van der Waals surface area (Å²) in [5, 5.41) is 17.6. The molecule has 1 N–H and O–H groups in total. The number of rotatable bonds is 4. The molecule has 4 rings (SSSR count). The Hall–Kier alpha value is -3.34. The standard InChI is InChI=1S/C20H12ClN3O3S/c21-15-5-7-16(8-6-15)28(25,26)17(11-22)9-14-12-23-24-20(14)19-10-13-3-1-2-4-18(13)27-19/h1-10,12H,(H,23,24)/b17-9+. The van der Waals surface area contributed by atoms with Gasteiger partial charge < -0.3 is 4.42 Å². The van der Waals surface area contributed by atoms with Crippen molar-refractivity contribution in [3.8, 4) is 17.5 Å². The third-order valence-electron chi connectivity index (χ3n) is 4.15. The van der Waals surface area contributed by atoms with Crippen LogP contribution in [0.1, 0.15) is 5.56 Å². The van der Waals surface area contributed by atoms with Gasteiger partial charge >= 0.3 is 0 Å². The van der Waals surface area contributed by atoms with Gasteiger partial charge in [-0.2, -0.15) is 10.4 Å². The van der Waals surface area contributed by atoms with E-state index in [9.17, 15) is 13.7 Å². The molecule has 0 fully saturated rings. The molecule has 0 unspecified atom stereocenters. The monoisotopic (exact) mass is 409 g/mol. The maximum absolute atomic E-state index is 12.8. The topological polar surface area (TPSA) is 99.8 Å². The van der Waals surface area contributed by atoms with Gasteiger partial charge in [0.15, 0.2) is 5.76 Å². The van der Waals surface area contributed by atoms with Crippen molar-refractivity contribution < 1.29 is 12.8 Å². The van der Waals surface area contributed by atoms with Gasteiger partial charge in [0.05, 0.1) is 11.1 Å². The van der Waals surface area contributed by atoms with Crippen LogP contribution in [-0.2, 0) is 9.84 Å². The first-order chi connectivity index (χ1) is 13.5. The van der Waals surface area contributed by atoms with Gasteiger partial charge in [-0.1, -0.05) is 29.8 Å². The number of para-hydroxylation sites is 1. The van der Waals surface area contributed by atoms with Crippen molar-refractivity contribution in [1.82, 2.24) is 10.2 Å². The van der Waals surface area contributed by atoms with Crippen LogP contribution in [0.4, 0.5) is 0 Å². The number of allylic oxidation sites excluding steroid dienone is 1. The molecule has 0 bridgehead atoms. The lowest BCUT2D eigenvalue weighted by Crippen LogP contribution is -2.03. The number of hydrogen-bond donors (Lipinski definition) is 1. The summed E-state index contributed by atoms with van der Waals surface area (Å²) < 4.78 is 31.4. The van der Waals surface area contributed by atoms with Crippen LogP contribution < -0.4 is 0 Å². The summed E-state index contributed by atoms with van der Waals surface area (Å²) in [6.07, 6.45) is 2.72. The van der Waals surface area contributed by atoms with Crippen LogP contribution in [0.3, 0.4) is 0 Å². The summed E-state index contributed by atoms with van der Waals surface area (Å²) in [6, 6.07) is 16.7. The molecule has 0 aliphatic heterocycles. The van der Waals surface area contributed by atoms with Gasteiger partial charge in [0, 0.05) is 16.0 Å². The Bertz CT molecular complexity index is 1310. The second kappa shape index (κ2) is 7.00. The number of nitriles is 1. The zero-order valence-electron chi connectivity index (χ0n) is 14.3. The van der Waals surface area contributed by atoms with Crippen molar-refractivity contribution in [1.29, 1.82) is 5.26 Å². The SMILES string of the molecule is N#C/C(=C\c1cn[nH]c1-c1cc2ccccc2o1)S(=O)(=O)c1ccc(Cl)cc1. The predicted octanol–water partition coefficient (Wildman–Crippen LogP) is 4.81. The highest BCUT2D eigenvalue weighted by molar-refractivity contribution is 7.95.